The van der Waals surface area contributed by atoms with Crippen molar-refractivity contribution in [2.45, 2.75) is 13.3 Å². The molecule has 102 valence electrons. The number of carbonyl (C=O) groups excluding carboxylic acids is 2. The first-order valence-electron chi connectivity index (χ1n) is 6.38. The molecule has 2 aromatic carbocycles. The van der Waals surface area contributed by atoms with Crippen molar-refractivity contribution in [3.05, 3.63) is 65.2 Å². The molecule has 0 aliphatic rings. The van der Waals surface area contributed by atoms with Crippen molar-refractivity contribution < 1.29 is 14.3 Å². The molecule has 0 heterocycles. The molecule has 0 fully saturated rings. The van der Waals surface area contributed by atoms with Gasteiger partial charge in [-0.3, -0.25) is 9.59 Å². The van der Waals surface area contributed by atoms with Crippen LogP contribution in [0.5, 0.6) is 5.75 Å². The zero-order valence-electron chi connectivity index (χ0n) is 11.6. The molecule has 0 aromatic heterocycles. The van der Waals surface area contributed by atoms with E-state index in [-0.39, 0.29) is 18.0 Å². The minimum atomic E-state index is -0.0976. The normalized spacial score (nSPS) is 10.1. The van der Waals surface area contributed by atoms with Crippen molar-refractivity contribution in [1.82, 2.24) is 0 Å². The Bertz CT molecular complexity index is 644. The van der Waals surface area contributed by atoms with Crippen molar-refractivity contribution in [3.8, 4) is 5.75 Å². The molecule has 0 N–H and O–H groups in total. The molecule has 20 heavy (non-hydrogen) atoms. The Labute approximate surface area is 118 Å². The number of carbonyl (C=O) groups is 2. The number of benzene rings is 2. The topological polar surface area (TPSA) is 43.4 Å². The maximum absolute atomic E-state index is 12.3. The summed E-state index contributed by atoms with van der Waals surface area (Å²) >= 11 is 0. The molecule has 0 unspecified atom stereocenters. The van der Waals surface area contributed by atoms with Crippen molar-refractivity contribution in [1.29, 1.82) is 0 Å². The second kappa shape index (κ2) is 6.15. The summed E-state index contributed by atoms with van der Waals surface area (Å²) in [6.45, 7) is 1.47. The Morgan fingerprint density at radius 2 is 1.70 bits per heavy atom. The van der Waals surface area contributed by atoms with Gasteiger partial charge in [-0.05, 0) is 24.6 Å². The molecule has 2 aromatic rings. The quantitative estimate of drug-likeness (QED) is 0.781. The SMILES string of the molecule is COc1cccc(CC(=O)c2ccccc2C(C)=O)c1. The van der Waals surface area contributed by atoms with Crippen LogP contribution in [-0.2, 0) is 6.42 Å². The highest BCUT2D eigenvalue weighted by Gasteiger charge is 2.14. The van der Waals surface area contributed by atoms with E-state index in [9.17, 15) is 9.59 Å². The second-order valence-corrected chi connectivity index (χ2v) is 4.55. The van der Waals surface area contributed by atoms with Crippen LogP contribution >= 0.6 is 0 Å². The number of methoxy groups -OCH3 is 1. The van der Waals surface area contributed by atoms with Gasteiger partial charge in [0.1, 0.15) is 5.75 Å². The van der Waals surface area contributed by atoms with Gasteiger partial charge in [0.05, 0.1) is 7.11 Å². The zero-order valence-corrected chi connectivity index (χ0v) is 11.6. The lowest BCUT2D eigenvalue weighted by Gasteiger charge is -2.07. The van der Waals surface area contributed by atoms with E-state index in [4.69, 9.17) is 4.74 Å². The Hall–Kier alpha value is -2.42. The number of rotatable bonds is 5. The molecule has 0 aliphatic carbocycles. The van der Waals surface area contributed by atoms with Crippen LogP contribution in [-0.4, -0.2) is 18.7 Å². The fraction of sp³-hybridized carbons (Fsp3) is 0.176. The van der Waals surface area contributed by atoms with Crippen LogP contribution in [0.4, 0.5) is 0 Å². The molecular formula is C17H16O3. The van der Waals surface area contributed by atoms with Gasteiger partial charge < -0.3 is 4.74 Å². The van der Waals surface area contributed by atoms with Gasteiger partial charge >= 0.3 is 0 Å². The summed E-state index contributed by atoms with van der Waals surface area (Å²) in [4.78, 5) is 23.9. The van der Waals surface area contributed by atoms with Crippen molar-refractivity contribution in [3.63, 3.8) is 0 Å². The summed E-state index contributed by atoms with van der Waals surface area (Å²) in [5.74, 6) is 0.554. The zero-order chi connectivity index (χ0) is 14.5. The third-order valence-corrected chi connectivity index (χ3v) is 3.11. The van der Waals surface area contributed by atoms with E-state index in [1.54, 1.807) is 31.4 Å². The van der Waals surface area contributed by atoms with Gasteiger partial charge in [-0.25, -0.2) is 0 Å². The standard InChI is InChI=1S/C17H16O3/c1-12(18)15-8-3-4-9-16(15)17(19)11-13-6-5-7-14(10-13)20-2/h3-10H,11H2,1-2H3. The van der Waals surface area contributed by atoms with Crippen LogP contribution in [0, 0.1) is 0 Å². The van der Waals surface area contributed by atoms with Gasteiger partial charge in [-0.2, -0.15) is 0 Å². The van der Waals surface area contributed by atoms with Crippen LogP contribution in [0.1, 0.15) is 33.2 Å². The van der Waals surface area contributed by atoms with Crippen LogP contribution in [0.3, 0.4) is 0 Å². The molecule has 3 heteroatoms. The molecule has 0 spiro atoms. The van der Waals surface area contributed by atoms with E-state index in [2.05, 4.69) is 0 Å². The molecule has 2 rings (SSSR count). The van der Waals surface area contributed by atoms with Gasteiger partial charge in [0.15, 0.2) is 11.6 Å². The third kappa shape index (κ3) is 3.12. The number of hydrogen-bond acceptors (Lipinski definition) is 3. The van der Waals surface area contributed by atoms with Gasteiger partial charge in [0.25, 0.3) is 0 Å². The van der Waals surface area contributed by atoms with Crippen molar-refractivity contribution in [2.75, 3.05) is 7.11 Å². The predicted octanol–water partition coefficient (Wildman–Crippen LogP) is 3.32. The fourth-order valence-electron chi connectivity index (χ4n) is 2.10. The average molecular weight is 268 g/mol. The molecule has 3 nitrogen and oxygen atoms in total. The van der Waals surface area contributed by atoms with Crippen LogP contribution < -0.4 is 4.74 Å². The van der Waals surface area contributed by atoms with Gasteiger partial charge in [0.2, 0.25) is 0 Å². The smallest absolute Gasteiger partial charge is 0.167 e. The summed E-state index contributed by atoms with van der Waals surface area (Å²) in [5, 5.41) is 0. The number of ketones is 2. The Balaban J connectivity index is 2.26. The van der Waals surface area contributed by atoms with Gasteiger partial charge in [-0.15, -0.1) is 0 Å². The minimum absolute atomic E-state index is 0.0657. The first-order valence-corrected chi connectivity index (χ1v) is 6.38. The van der Waals surface area contributed by atoms with Crippen LogP contribution in [0.15, 0.2) is 48.5 Å². The van der Waals surface area contributed by atoms with Crippen molar-refractivity contribution >= 4 is 11.6 Å². The highest BCUT2D eigenvalue weighted by molar-refractivity contribution is 6.08. The fourth-order valence-corrected chi connectivity index (χ4v) is 2.10. The maximum atomic E-state index is 12.3. The lowest BCUT2D eigenvalue weighted by Crippen LogP contribution is -2.09. The predicted molar refractivity (Wildman–Crippen MR) is 77.5 cm³/mol. The Morgan fingerprint density at radius 3 is 2.35 bits per heavy atom. The highest BCUT2D eigenvalue weighted by atomic mass is 16.5. The number of ether oxygens (including phenoxy) is 1. The number of hydrogen-bond donors (Lipinski definition) is 0. The van der Waals surface area contributed by atoms with E-state index in [1.807, 2.05) is 24.3 Å². The average Bonchev–Trinajstić information content (AvgIpc) is 2.47. The van der Waals surface area contributed by atoms with E-state index in [1.165, 1.54) is 6.92 Å². The summed E-state index contributed by atoms with van der Waals surface area (Å²) < 4.78 is 5.14. The maximum Gasteiger partial charge on any atom is 0.167 e. The molecule has 0 aliphatic heterocycles. The summed E-state index contributed by atoms with van der Waals surface area (Å²) in [6.07, 6.45) is 0.251. The first-order chi connectivity index (χ1) is 9.61. The van der Waals surface area contributed by atoms with E-state index in [0.29, 0.717) is 11.1 Å². The molecule has 0 saturated heterocycles. The lowest BCUT2D eigenvalue weighted by atomic mass is 9.97. The molecule has 0 radical (unpaired) electrons. The third-order valence-electron chi connectivity index (χ3n) is 3.11. The first kappa shape index (κ1) is 14.0. The van der Waals surface area contributed by atoms with Crippen LogP contribution in [0.2, 0.25) is 0 Å². The van der Waals surface area contributed by atoms with Crippen molar-refractivity contribution in [2.24, 2.45) is 0 Å². The van der Waals surface area contributed by atoms with E-state index >= 15 is 0 Å². The summed E-state index contributed by atoms with van der Waals surface area (Å²) in [6, 6.07) is 14.3. The highest BCUT2D eigenvalue weighted by Crippen LogP contribution is 2.17. The molecule has 0 saturated carbocycles. The molecular weight excluding hydrogens is 252 g/mol. The lowest BCUT2D eigenvalue weighted by molar-refractivity contribution is 0.0969. The van der Waals surface area contributed by atoms with Gasteiger partial charge in [0, 0.05) is 17.5 Å². The minimum Gasteiger partial charge on any atom is -0.497 e. The van der Waals surface area contributed by atoms with Gasteiger partial charge in [-0.1, -0.05) is 36.4 Å². The molecule has 0 atom stereocenters. The summed E-state index contributed by atoms with van der Waals surface area (Å²) in [5.41, 5.74) is 1.82. The largest absolute Gasteiger partial charge is 0.497 e. The van der Waals surface area contributed by atoms with E-state index in [0.717, 1.165) is 11.3 Å². The molecule has 0 amide bonds. The second-order valence-electron chi connectivity index (χ2n) is 4.55. The summed E-state index contributed by atoms with van der Waals surface area (Å²) in [7, 11) is 1.59. The Morgan fingerprint density at radius 1 is 1.00 bits per heavy atom. The monoisotopic (exact) mass is 268 g/mol. The Kier molecular flexibility index (Phi) is 4.31. The number of Topliss-reactive ketones (excluding diaryl/α,β-unsaturated/α-hetero) is 2. The van der Waals surface area contributed by atoms with E-state index < -0.39 is 0 Å². The molecule has 0 bridgehead atoms. The van der Waals surface area contributed by atoms with Crippen LogP contribution in [0.25, 0.3) is 0 Å².